The second-order valence-corrected chi connectivity index (χ2v) is 6.16. The zero-order valence-electron chi connectivity index (χ0n) is 13.0. The third-order valence-corrected chi connectivity index (χ3v) is 4.63. The molecule has 3 nitrogen and oxygen atoms in total. The quantitative estimate of drug-likeness (QED) is 0.829. The second kappa shape index (κ2) is 8.38. The van der Waals surface area contributed by atoms with Gasteiger partial charge in [-0.3, -0.25) is 4.98 Å². The van der Waals surface area contributed by atoms with Crippen LogP contribution in [0, 0.1) is 5.92 Å². The van der Waals surface area contributed by atoms with E-state index in [4.69, 9.17) is 0 Å². The van der Waals surface area contributed by atoms with Crippen LogP contribution in [0.5, 0.6) is 0 Å². The molecule has 2 rings (SSSR count). The summed E-state index contributed by atoms with van der Waals surface area (Å²) >= 11 is 0. The summed E-state index contributed by atoms with van der Waals surface area (Å²) in [6, 6.07) is 4.88. The van der Waals surface area contributed by atoms with Gasteiger partial charge in [0.1, 0.15) is 0 Å². The van der Waals surface area contributed by atoms with Crippen LogP contribution in [-0.2, 0) is 6.42 Å². The van der Waals surface area contributed by atoms with E-state index in [1.807, 2.05) is 12.4 Å². The molecule has 1 aliphatic rings. The van der Waals surface area contributed by atoms with Crippen LogP contribution in [-0.4, -0.2) is 43.1 Å². The van der Waals surface area contributed by atoms with Crippen LogP contribution in [0.15, 0.2) is 24.5 Å². The fourth-order valence-corrected chi connectivity index (χ4v) is 3.31. The molecule has 1 aromatic rings. The maximum atomic E-state index is 4.07. The first-order valence-electron chi connectivity index (χ1n) is 8.04. The molecular formula is C17H29N3. The van der Waals surface area contributed by atoms with Gasteiger partial charge in [0, 0.05) is 31.5 Å². The zero-order chi connectivity index (χ0) is 14.2. The van der Waals surface area contributed by atoms with Gasteiger partial charge in [-0.05, 0) is 57.0 Å². The Labute approximate surface area is 123 Å². The molecule has 0 radical (unpaired) electrons. The number of rotatable bonds is 7. The minimum absolute atomic E-state index is 0.651. The average Bonchev–Trinajstić information content (AvgIpc) is 2.52. The highest BCUT2D eigenvalue weighted by Crippen LogP contribution is 2.26. The standard InChI is InChI=1S/C17H29N3/c1-18-17(16-6-4-3-5-7-16)14-20(2)13-10-15-8-11-19-12-9-15/h8-9,11-12,16-18H,3-7,10,13-14H2,1-2H3. The topological polar surface area (TPSA) is 28.2 Å². The number of nitrogens with zero attached hydrogens (tertiary/aromatic N) is 2. The van der Waals surface area contributed by atoms with Gasteiger partial charge in [0.2, 0.25) is 0 Å². The molecular weight excluding hydrogens is 246 g/mol. The molecule has 1 aromatic heterocycles. The Morgan fingerprint density at radius 1 is 1.25 bits per heavy atom. The smallest absolute Gasteiger partial charge is 0.0270 e. The Bertz CT molecular complexity index is 360. The minimum Gasteiger partial charge on any atom is -0.315 e. The normalized spacial score (nSPS) is 18.4. The van der Waals surface area contributed by atoms with E-state index in [-0.39, 0.29) is 0 Å². The molecule has 1 fully saturated rings. The summed E-state index contributed by atoms with van der Waals surface area (Å²) in [6.45, 7) is 2.28. The molecule has 1 heterocycles. The van der Waals surface area contributed by atoms with Crippen molar-refractivity contribution in [1.82, 2.24) is 15.2 Å². The van der Waals surface area contributed by atoms with Gasteiger partial charge in [-0.2, -0.15) is 0 Å². The van der Waals surface area contributed by atoms with Crippen LogP contribution in [0.1, 0.15) is 37.7 Å². The lowest BCUT2D eigenvalue weighted by Gasteiger charge is -2.33. The first kappa shape index (κ1) is 15.5. The lowest BCUT2D eigenvalue weighted by atomic mass is 9.83. The molecule has 112 valence electrons. The highest BCUT2D eigenvalue weighted by Gasteiger charge is 2.23. The fraction of sp³-hybridized carbons (Fsp3) is 0.706. The van der Waals surface area contributed by atoms with Gasteiger partial charge in [-0.1, -0.05) is 19.3 Å². The summed E-state index contributed by atoms with van der Waals surface area (Å²) in [5, 5.41) is 3.55. The molecule has 1 saturated carbocycles. The van der Waals surface area contributed by atoms with Crippen molar-refractivity contribution >= 4 is 0 Å². The lowest BCUT2D eigenvalue weighted by molar-refractivity contribution is 0.213. The number of aromatic nitrogens is 1. The van der Waals surface area contributed by atoms with Crippen molar-refractivity contribution in [2.24, 2.45) is 5.92 Å². The summed E-state index contributed by atoms with van der Waals surface area (Å²) in [7, 11) is 4.37. The van der Waals surface area contributed by atoms with E-state index < -0.39 is 0 Å². The van der Waals surface area contributed by atoms with Crippen molar-refractivity contribution in [1.29, 1.82) is 0 Å². The largest absolute Gasteiger partial charge is 0.315 e. The van der Waals surface area contributed by atoms with E-state index in [0.717, 1.165) is 25.4 Å². The van der Waals surface area contributed by atoms with E-state index in [0.29, 0.717) is 6.04 Å². The molecule has 0 aliphatic heterocycles. The predicted molar refractivity (Wildman–Crippen MR) is 84.9 cm³/mol. The summed E-state index contributed by atoms with van der Waals surface area (Å²) in [6.07, 6.45) is 12.0. The SMILES string of the molecule is CNC(CN(C)CCc1ccncc1)C1CCCCC1. The Kier molecular flexibility index (Phi) is 6.48. The van der Waals surface area contributed by atoms with Crippen LogP contribution >= 0.6 is 0 Å². The van der Waals surface area contributed by atoms with E-state index in [1.54, 1.807) is 0 Å². The van der Waals surface area contributed by atoms with Gasteiger partial charge in [0.15, 0.2) is 0 Å². The molecule has 1 N–H and O–H groups in total. The summed E-state index contributed by atoms with van der Waals surface area (Å²) in [4.78, 5) is 6.54. The molecule has 3 heteroatoms. The maximum absolute atomic E-state index is 4.07. The van der Waals surface area contributed by atoms with Crippen molar-refractivity contribution in [3.05, 3.63) is 30.1 Å². The van der Waals surface area contributed by atoms with Gasteiger partial charge in [0.25, 0.3) is 0 Å². The number of hydrogen-bond donors (Lipinski definition) is 1. The van der Waals surface area contributed by atoms with Gasteiger partial charge >= 0.3 is 0 Å². The second-order valence-electron chi connectivity index (χ2n) is 6.16. The van der Waals surface area contributed by atoms with E-state index in [1.165, 1.54) is 37.7 Å². The summed E-state index contributed by atoms with van der Waals surface area (Å²) in [5.74, 6) is 0.872. The first-order valence-corrected chi connectivity index (χ1v) is 8.04. The number of likely N-dealkylation sites (N-methyl/N-ethyl adjacent to an activating group) is 2. The summed E-state index contributed by atoms with van der Waals surface area (Å²) in [5.41, 5.74) is 1.38. The van der Waals surface area contributed by atoms with Gasteiger partial charge in [0.05, 0.1) is 0 Å². The molecule has 0 aromatic carbocycles. The molecule has 0 spiro atoms. The molecule has 1 atom stereocenters. The fourth-order valence-electron chi connectivity index (χ4n) is 3.31. The van der Waals surface area contributed by atoms with Crippen molar-refractivity contribution in [2.45, 2.75) is 44.6 Å². The van der Waals surface area contributed by atoms with Gasteiger partial charge in [-0.15, -0.1) is 0 Å². The number of hydrogen-bond acceptors (Lipinski definition) is 3. The third-order valence-electron chi connectivity index (χ3n) is 4.63. The molecule has 20 heavy (non-hydrogen) atoms. The molecule has 0 saturated heterocycles. The number of nitrogens with one attached hydrogen (secondary N) is 1. The van der Waals surface area contributed by atoms with Crippen molar-refractivity contribution in [2.75, 3.05) is 27.2 Å². The minimum atomic E-state index is 0.651. The van der Waals surface area contributed by atoms with Crippen molar-refractivity contribution in [3.8, 4) is 0 Å². The maximum Gasteiger partial charge on any atom is 0.0270 e. The van der Waals surface area contributed by atoms with Crippen molar-refractivity contribution < 1.29 is 0 Å². The highest BCUT2D eigenvalue weighted by molar-refractivity contribution is 5.09. The summed E-state index contributed by atoms with van der Waals surface area (Å²) < 4.78 is 0. The molecule has 0 amide bonds. The molecule has 1 aliphatic carbocycles. The van der Waals surface area contributed by atoms with Crippen LogP contribution in [0.25, 0.3) is 0 Å². The highest BCUT2D eigenvalue weighted by atomic mass is 15.1. The van der Waals surface area contributed by atoms with Gasteiger partial charge in [-0.25, -0.2) is 0 Å². The van der Waals surface area contributed by atoms with E-state index in [9.17, 15) is 0 Å². The van der Waals surface area contributed by atoms with E-state index in [2.05, 4.69) is 41.4 Å². The van der Waals surface area contributed by atoms with Gasteiger partial charge < -0.3 is 10.2 Å². The van der Waals surface area contributed by atoms with Crippen LogP contribution < -0.4 is 5.32 Å². The van der Waals surface area contributed by atoms with Crippen LogP contribution in [0.3, 0.4) is 0 Å². The lowest BCUT2D eigenvalue weighted by Crippen LogP contribution is -2.44. The Hall–Kier alpha value is -0.930. The predicted octanol–water partition coefficient (Wildman–Crippen LogP) is 2.72. The van der Waals surface area contributed by atoms with E-state index >= 15 is 0 Å². The first-order chi connectivity index (χ1) is 9.79. The average molecular weight is 275 g/mol. The Balaban J connectivity index is 1.75. The Morgan fingerprint density at radius 2 is 1.95 bits per heavy atom. The zero-order valence-corrected chi connectivity index (χ0v) is 13.0. The van der Waals surface area contributed by atoms with Crippen molar-refractivity contribution in [3.63, 3.8) is 0 Å². The van der Waals surface area contributed by atoms with Crippen LogP contribution in [0.2, 0.25) is 0 Å². The Morgan fingerprint density at radius 3 is 2.60 bits per heavy atom. The van der Waals surface area contributed by atoms with Crippen LogP contribution in [0.4, 0.5) is 0 Å². The number of pyridine rings is 1. The molecule has 0 bridgehead atoms. The monoisotopic (exact) mass is 275 g/mol. The molecule has 1 unspecified atom stereocenters. The third kappa shape index (κ3) is 4.88.